The Morgan fingerprint density at radius 2 is 1.95 bits per heavy atom. The van der Waals surface area contributed by atoms with Gasteiger partial charge in [-0.25, -0.2) is 4.39 Å². The van der Waals surface area contributed by atoms with Crippen LogP contribution in [-0.4, -0.2) is 22.9 Å². The monoisotopic (exact) mass is 275 g/mol. The summed E-state index contributed by atoms with van der Waals surface area (Å²) in [6, 6.07) is 5.93. The maximum absolute atomic E-state index is 13.2. The number of nitro benzene ring substituents is 1. The normalized spacial score (nSPS) is 10.1. The van der Waals surface area contributed by atoms with Crippen LogP contribution in [0, 0.1) is 15.9 Å². The highest BCUT2D eigenvalue weighted by atomic mass is 19.1. The zero-order valence-corrected chi connectivity index (χ0v) is 10.5. The van der Waals surface area contributed by atoms with Gasteiger partial charge in [-0.05, 0) is 24.3 Å². The molecule has 1 heterocycles. The predicted octanol–water partition coefficient (Wildman–Crippen LogP) is 2.41. The second kappa shape index (κ2) is 5.43. The van der Waals surface area contributed by atoms with Gasteiger partial charge in [0.15, 0.2) is 0 Å². The molecule has 0 aliphatic rings. The number of rotatable bonds is 3. The van der Waals surface area contributed by atoms with E-state index in [4.69, 9.17) is 0 Å². The Kier molecular flexibility index (Phi) is 3.69. The maximum Gasteiger partial charge on any atom is 0.282 e. The molecule has 0 saturated heterocycles. The lowest BCUT2D eigenvalue weighted by Gasteiger charge is -2.17. The first-order valence-corrected chi connectivity index (χ1v) is 5.62. The molecule has 102 valence electrons. The minimum Gasteiger partial charge on any atom is -0.311 e. The number of amides is 1. The maximum atomic E-state index is 13.2. The van der Waals surface area contributed by atoms with E-state index in [0.717, 1.165) is 18.2 Å². The topological polar surface area (TPSA) is 76.3 Å². The summed E-state index contributed by atoms with van der Waals surface area (Å²) < 4.78 is 13.2. The highest BCUT2D eigenvalue weighted by Crippen LogP contribution is 2.23. The van der Waals surface area contributed by atoms with Gasteiger partial charge in [-0.1, -0.05) is 0 Å². The molecule has 0 spiro atoms. The van der Waals surface area contributed by atoms with Gasteiger partial charge in [-0.2, -0.15) is 0 Å². The molecule has 0 unspecified atom stereocenters. The number of nitrogens with zero attached hydrogens (tertiary/aromatic N) is 3. The van der Waals surface area contributed by atoms with E-state index >= 15 is 0 Å². The number of hydrogen-bond acceptors (Lipinski definition) is 4. The summed E-state index contributed by atoms with van der Waals surface area (Å²) in [6.45, 7) is 0. The summed E-state index contributed by atoms with van der Waals surface area (Å²) in [7, 11) is 1.45. The van der Waals surface area contributed by atoms with Gasteiger partial charge < -0.3 is 4.90 Å². The molecule has 0 saturated carbocycles. The minimum absolute atomic E-state index is 0.297. The quantitative estimate of drug-likeness (QED) is 0.636. The van der Waals surface area contributed by atoms with Gasteiger partial charge in [0, 0.05) is 31.2 Å². The molecule has 2 aromatic rings. The van der Waals surface area contributed by atoms with Crippen molar-refractivity contribution in [2.75, 3.05) is 11.9 Å². The number of nitro groups is 1. The molecule has 1 aromatic heterocycles. The summed E-state index contributed by atoms with van der Waals surface area (Å²) >= 11 is 0. The van der Waals surface area contributed by atoms with Crippen molar-refractivity contribution in [2.24, 2.45) is 0 Å². The Bertz CT molecular complexity index is 661. The van der Waals surface area contributed by atoms with Crippen LogP contribution in [0.15, 0.2) is 42.7 Å². The highest BCUT2D eigenvalue weighted by molar-refractivity contribution is 6.08. The van der Waals surface area contributed by atoms with Crippen LogP contribution in [0.3, 0.4) is 0 Å². The van der Waals surface area contributed by atoms with Gasteiger partial charge in [-0.15, -0.1) is 0 Å². The number of benzene rings is 1. The fourth-order valence-electron chi connectivity index (χ4n) is 1.70. The van der Waals surface area contributed by atoms with Crippen molar-refractivity contribution in [1.29, 1.82) is 0 Å². The van der Waals surface area contributed by atoms with Gasteiger partial charge in [0.1, 0.15) is 11.4 Å². The average molecular weight is 275 g/mol. The Morgan fingerprint density at radius 3 is 2.55 bits per heavy atom. The predicted molar refractivity (Wildman–Crippen MR) is 70.0 cm³/mol. The minimum atomic E-state index is -0.715. The smallest absolute Gasteiger partial charge is 0.282 e. The lowest BCUT2D eigenvalue weighted by molar-refractivity contribution is -0.385. The largest absolute Gasteiger partial charge is 0.311 e. The van der Waals surface area contributed by atoms with E-state index in [0.29, 0.717) is 5.69 Å². The molecule has 1 amide bonds. The van der Waals surface area contributed by atoms with Gasteiger partial charge in [0.05, 0.1) is 4.92 Å². The third-order valence-electron chi connectivity index (χ3n) is 2.74. The van der Waals surface area contributed by atoms with Crippen LogP contribution in [0.2, 0.25) is 0 Å². The zero-order chi connectivity index (χ0) is 14.7. The lowest BCUT2D eigenvalue weighted by Crippen LogP contribution is -2.27. The Morgan fingerprint density at radius 1 is 1.30 bits per heavy atom. The Hall–Kier alpha value is -2.83. The molecule has 0 aliphatic heterocycles. The van der Waals surface area contributed by atoms with Gasteiger partial charge >= 0.3 is 0 Å². The molecule has 20 heavy (non-hydrogen) atoms. The Labute approximate surface area is 113 Å². The highest BCUT2D eigenvalue weighted by Gasteiger charge is 2.24. The zero-order valence-electron chi connectivity index (χ0n) is 10.5. The molecule has 6 nitrogen and oxygen atoms in total. The van der Waals surface area contributed by atoms with E-state index in [-0.39, 0.29) is 5.56 Å². The van der Waals surface area contributed by atoms with E-state index < -0.39 is 22.3 Å². The summed E-state index contributed by atoms with van der Waals surface area (Å²) in [4.78, 5) is 27.5. The van der Waals surface area contributed by atoms with Crippen molar-refractivity contribution in [1.82, 2.24) is 4.98 Å². The molecule has 0 N–H and O–H groups in total. The molecule has 2 rings (SSSR count). The number of anilines is 1. The summed E-state index contributed by atoms with van der Waals surface area (Å²) in [5, 5.41) is 10.9. The molecule has 0 fully saturated rings. The number of carbonyl (C=O) groups excluding carboxylic acids is 1. The van der Waals surface area contributed by atoms with Crippen LogP contribution >= 0.6 is 0 Å². The fourth-order valence-corrected chi connectivity index (χ4v) is 1.70. The van der Waals surface area contributed by atoms with E-state index in [2.05, 4.69) is 4.98 Å². The standard InChI is InChI=1S/C13H10FN3O3/c1-16(10-4-6-15-7-5-10)13(18)11-8-9(14)2-3-12(11)17(19)20/h2-8H,1H3. The molecule has 0 aliphatic carbocycles. The van der Waals surface area contributed by atoms with Crippen LogP contribution < -0.4 is 4.90 Å². The first-order chi connectivity index (χ1) is 9.50. The molecular weight excluding hydrogens is 265 g/mol. The van der Waals surface area contributed by atoms with Crippen molar-refractivity contribution in [3.05, 3.63) is 64.2 Å². The summed E-state index contributed by atoms with van der Waals surface area (Å²) in [5.74, 6) is -1.37. The molecule has 0 atom stereocenters. The van der Waals surface area contributed by atoms with Crippen molar-refractivity contribution in [2.45, 2.75) is 0 Å². The van der Waals surface area contributed by atoms with Gasteiger partial charge in [-0.3, -0.25) is 19.9 Å². The molecular formula is C13H10FN3O3. The fraction of sp³-hybridized carbons (Fsp3) is 0.0769. The van der Waals surface area contributed by atoms with Crippen molar-refractivity contribution in [3.63, 3.8) is 0 Å². The number of halogens is 1. The van der Waals surface area contributed by atoms with Crippen LogP contribution in [0.25, 0.3) is 0 Å². The summed E-state index contributed by atoms with van der Waals surface area (Å²) in [6.07, 6.45) is 2.97. The van der Waals surface area contributed by atoms with Crippen LogP contribution in [0.4, 0.5) is 15.8 Å². The number of hydrogen-bond donors (Lipinski definition) is 0. The number of pyridine rings is 1. The Balaban J connectivity index is 2.43. The molecule has 7 heteroatoms. The third kappa shape index (κ3) is 2.61. The number of aromatic nitrogens is 1. The third-order valence-corrected chi connectivity index (χ3v) is 2.74. The number of carbonyl (C=O) groups is 1. The lowest BCUT2D eigenvalue weighted by atomic mass is 10.1. The van der Waals surface area contributed by atoms with E-state index in [1.807, 2.05) is 0 Å². The van der Waals surface area contributed by atoms with Crippen LogP contribution in [0.5, 0.6) is 0 Å². The first kappa shape index (κ1) is 13.6. The van der Waals surface area contributed by atoms with Crippen molar-refractivity contribution >= 4 is 17.3 Å². The molecule has 0 radical (unpaired) electrons. The van der Waals surface area contributed by atoms with E-state index in [1.165, 1.54) is 24.3 Å². The second-order valence-corrected chi connectivity index (χ2v) is 3.99. The van der Waals surface area contributed by atoms with Crippen molar-refractivity contribution < 1.29 is 14.1 Å². The first-order valence-electron chi connectivity index (χ1n) is 5.62. The second-order valence-electron chi connectivity index (χ2n) is 3.99. The van der Waals surface area contributed by atoms with Gasteiger partial charge in [0.2, 0.25) is 0 Å². The van der Waals surface area contributed by atoms with E-state index in [9.17, 15) is 19.3 Å². The van der Waals surface area contributed by atoms with Gasteiger partial charge in [0.25, 0.3) is 11.6 Å². The molecule has 1 aromatic carbocycles. The van der Waals surface area contributed by atoms with E-state index in [1.54, 1.807) is 12.1 Å². The van der Waals surface area contributed by atoms with Crippen LogP contribution in [0.1, 0.15) is 10.4 Å². The van der Waals surface area contributed by atoms with Crippen LogP contribution in [-0.2, 0) is 0 Å². The summed E-state index contributed by atoms with van der Waals surface area (Å²) in [5.41, 5.74) is -0.227. The SMILES string of the molecule is CN(C(=O)c1cc(F)ccc1[N+](=O)[O-])c1ccncc1. The molecule has 0 bridgehead atoms. The average Bonchev–Trinajstić information content (AvgIpc) is 2.46. The van der Waals surface area contributed by atoms with Crippen molar-refractivity contribution in [3.8, 4) is 0 Å².